The molecule has 0 aliphatic rings. The highest BCUT2D eigenvalue weighted by Crippen LogP contribution is 2.25. The van der Waals surface area contributed by atoms with Crippen LogP contribution in [0.5, 0.6) is 0 Å². The Morgan fingerprint density at radius 1 is 1.24 bits per heavy atom. The van der Waals surface area contributed by atoms with Crippen LogP contribution in [0.4, 0.5) is 5.69 Å². The number of nitrogens with zero attached hydrogens (tertiary/aromatic N) is 3. The third kappa shape index (κ3) is 3.10. The quantitative estimate of drug-likeness (QED) is 0.526. The normalized spacial score (nSPS) is 11.9. The second kappa shape index (κ2) is 6.60. The molecule has 128 valence electrons. The van der Waals surface area contributed by atoms with Gasteiger partial charge in [0.05, 0.1) is 15.1 Å². The summed E-state index contributed by atoms with van der Waals surface area (Å²) in [4.78, 5) is 27.7. The van der Waals surface area contributed by atoms with Crippen molar-refractivity contribution in [2.45, 2.75) is 27.3 Å². The first-order valence-corrected chi connectivity index (χ1v) is 8.67. The topological polar surface area (TPSA) is 77.5 Å². The van der Waals surface area contributed by atoms with Crippen LogP contribution in [-0.2, 0) is 6.54 Å². The molecule has 0 spiro atoms. The number of nitro benzene ring substituents is 1. The third-order valence-corrected chi connectivity index (χ3v) is 5.26. The first kappa shape index (κ1) is 17.0. The highest BCUT2D eigenvalue weighted by atomic mass is 32.1. The largest absolute Gasteiger partial charge is 0.316 e. The number of hydrogen-bond donors (Lipinski definition) is 0. The third-order valence-electron chi connectivity index (χ3n) is 4.04. The van der Waals surface area contributed by atoms with Crippen LogP contribution in [0.2, 0.25) is 0 Å². The van der Waals surface area contributed by atoms with E-state index in [1.54, 1.807) is 6.07 Å². The lowest BCUT2D eigenvalue weighted by molar-refractivity contribution is -0.384. The van der Waals surface area contributed by atoms with E-state index in [9.17, 15) is 14.9 Å². The molecule has 0 fully saturated rings. The molecule has 1 heterocycles. The van der Waals surface area contributed by atoms with Gasteiger partial charge in [-0.15, -0.1) is 0 Å². The molecule has 0 aliphatic heterocycles. The summed E-state index contributed by atoms with van der Waals surface area (Å²) in [5.41, 5.74) is 3.44. The zero-order valence-corrected chi connectivity index (χ0v) is 15.0. The second-order valence-electron chi connectivity index (χ2n) is 5.73. The SMILES string of the molecule is CCn1c(=NC(=O)c2cccc([N+](=O)[O-])c2)sc2c(C)ccc(C)c21. The smallest absolute Gasteiger partial charge is 0.279 e. The fraction of sp³-hybridized carbons (Fsp3) is 0.222. The zero-order valence-electron chi connectivity index (χ0n) is 14.1. The maximum absolute atomic E-state index is 12.5. The molecule has 25 heavy (non-hydrogen) atoms. The summed E-state index contributed by atoms with van der Waals surface area (Å²) < 4.78 is 3.12. The Morgan fingerprint density at radius 3 is 2.64 bits per heavy atom. The summed E-state index contributed by atoms with van der Waals surface area (Å²) in [5.74, 6) is -0.479. The van der Waals surface area contributed by atoms with E-state index in [0.29, 0.717) is 11.3 Å². The van der Waals surface area contributed by atoms with E-state index in [-0.39, 0.29) is 11.3 Å². The number of aromatic nitrogens is 1. The van der Waals surface area contributed by atoms with Gasteiger partial charge in [0.1, 0.15) is 0 Å². The Morgan fingerprint density at radius 2 is 1.96 bits per heavy atom. The van der Waals surface area contributed by atoms with Crippen LogP contribution >= 0.6 is 11.3 Å². The van der Waals surface area contributed by atoms with Crippen molar-refractivity contribution in [1.29, 1.82) is 0 Å². The summed E-state index contributed by atoms with van der Waals surface area (Å²) in [5, 5.41) is 10.9. The minimum Gasteiger partial charge on any atom is -0.316 e. The van der Waals surface area contributed by atoms with Crippen molar-refractivity contribution in [2.24, 2.45) is 4.99 Å². The van der Waals surface area contributed by atoms with Gasteiger partial charge in [-0.2, -0.15) is 4.99 Å². The lowest BCUT2D eigenvalue weighted by Crippen LogP contribution is -2.16. The van der Waals surface area contributed by atoms with Crippen molar-refractivity contribution in [3.05, 3.63) is 68.0 Å². The van der Waals surface area contributed by atoms with E-state index in [1.807, 2.05) is 25.3 Å². The van der Waals surface area contributed by atoms with E-state index < -0.39 is 10.8 Å². The van der Waals surface area contributed by atoms with Gasteiger partial charge in [-0.1, -0.05) is 29.5 Å². The number of hydrogen-bond acceptors (Lipinski definition) is 4. The predicted octanol–water partition coefficient (Wildman–Crippen LogP) is 3.99. The molecule has 3 rings (SSSR count). The van der Waals surface area contributed by atoms with Crippen LogP contribution in [0.25, 0.3) is 10.2 Å². The standard InChI is InChI=1S/C18H17N3O3S/c1-4-20-15-11(2)8-9-12(3)16(15)25-18(20)19-17(22)13-6-5-7-14(10-13)21(23)24/h5-10H,4H2,1-3H3. The van der Waals surface area contributed by atoms with Crippen molar-refractivity contribution < 1.29 is 9.72 Å². The van der Waals surface area contributed by atoms with Gasteiger partial charge in [-0.3, -0.25) is 14.9 Å². The molecule has 0 aliphatic carbocycles. The number of nitro groups is 1. The number of fused-ring (bicyclic) bond motifs is 1. The Hall–Kier alpha value is -2.80. The van der Waals surface area contributed by atoms with E-state index in [2.05, 4.69) is 17.1 Å². The van der Waals surface area contributed by atoms with Crippen molar-refractivity contribution in [1.82, 2.24) is 4.57 Å². The molecule has 0 N–H and O–H groups in total. The van der Waals surface area contributed by atoms with Gasteiger partial charge in [0, 0.05) is 24.2 Å². The van der Waals surface area contributed by atoms with Gasteiger partial charge in [-0.25, -0.2) is 0 Å². The summed E-state index contributed by atoms with van der Waals surface area (Å²) in [6.45, 7) is 6.76. The molecule has 6 nitrogen and oxygen atoms in total. The van der Waals surface area contributed by atoms with Crippen LogP contribution < -0.4 is 4.80 Å². The molecule has 0 unspecified atom stereocenters. The summed E-state index contributed by atoms with van der Waals surface area (Å²) in [7, 11) is 0. The highest BCUT2D eigenvalue weighted by Gasteiger charge is 2.13. The Bertz CT molecular complexity index is 1060. The number of aryl methyl sites for hydroxylation is 3. The molecule has 7 heteroatoms. The average Bonchev–Trinajstić information content (AvgIpc) is 2.97. The van der Waals surface area contributed by atoms with Gasteiger partial charge in [0.15, 0.2) is 4.80 Å². The van der Waals surface area contributed by atoms with E-state index in [1.165, 1.54) is 29.5 Å². The molecule has 2 aromatic carbocycles. The Balaban J connectivity index is 2.17. The minimum atomic E-state index is -0.519. The monoisotopic (exact) mass is 355 g/mol. The van der Waals surface area contributed by atoms with Gasteiger partial charge >= 0.3 is 0 Å². The molecule has 0 radical (unpaired) electrons. The first-order chi connectivity index (χ1) is 11.9. The Labute approximate surface area is 148 Å². The second-order valence-corrected chi connectivity index (χ2v) is 6.71. The van der Waals surface area contributed by atoms with E-state index in [4.69, 9.17) is 0 Å². The van der Waals surface area contributed by atoms with E-state index in [0.717, 1.165) is 21.3 Å². The predicted molar refractivity (Wildman–Crippen MR) is 98.0 cm³/mol. The summed E-state index contributed by atoms with van der Waals surface area (Å²) in [6, 6.07) is 9.76. The lowest BCUT2D eigenvalue weighted by atomic mass is 10.1. The molecule has 1 amide bonds. The Kier molecular flexibility index (Phi) is 4.50. The van der Waals surface area contributed by atoms with Gasteiger partial charge < -0.3 is 4.57 Å². The summed E-state index contributed by atoms with van der Waals surface area (Å²) in [6.07, 6.45) is 0. The lowest BCUT2D eigenvalue weighted by Gasteiger charge is -2.04. The first-order valence-electron chi connectivity index (χ1n) is 7.85. The van der Waals surface area contributed by atoms with E-state index >= 15 is 0 Å². The fourth-order valence-corrected chi connectivity index (χ4v) is 4.00. The molecule has 1 aromatic heterocycles. The number of rotatable bonds is 3. The molecule has 3 aromatic rings. The number of amides is 1. The fourth-order valence-electron chi connectivity index (χ4n) is 2.76. The molecule has 0 bridgehead atoms. The molecule has 0 atom stereocenters. The highest BCUT2D eigenvalue weighted by molar-refractivity contribution is 7.16. The zero-order chi connectivity index (χ0) is 18.1. The van der Waals surface area contributed by atoms with Crippen molar-refractivity contribution >= 4 is 33.1 Å². The maximum Gasteiger partial charge on any atom is 0.279 e. The molecule has 0 saturated carbocycles. The van der Waals surface area contributed by atoms with Crippen LogP contribution in [0.3, 0.4) is 0 Å². The maximum atomic E-state index is 12.5. The molecular weight excluding hydrogens is 338 g/mol. The number of carbonyl (C=O) groups is 1. The van der Waals surface area contributed by atoms with Crippen molar-refractivity contribution in [2.75, 3.05) is 0 Å². The van der Waals surface area contributed by atoms with Crippen LogP contribution in [-0.4, -0.2) is 15.4 Å². The molecule has 0 saturated heterocycles. The summed E-state index contributed by atoms with van der Waals surface area (Å²) >= 11 is 1.46. The van der Waals surface area contributed by atoms with Crippen LogP contribution in [0, 0.1) is 24.0 Å². The van der Waals surface area contributed by atoms with Gasteiger partial charge in [0.25, 0.3) is 11.6 Å². The number of carbonyl (C=O) groups excluding carboxylic acids is 1. The molecular formula is C18H17N3O3S. The van der Waals surface area contributed by atoms with Gasteiger partial charge in [0.2, 0.25) is 0 Å². The number of thiazole rings is 1. The average molecular weight is 355 g/mol. The van der Waals surface area contributed by atoms with Crippen LogP contribution in [0.15, 0.2) is 41.4 Å². The van der Waals surface area contributed by atoms with Crippen molar-refractivity contribution in [3.8, 4) is 0 Å². The van der Waals surface area contributed by atoms with Crippen LogP contribution in [0.1, 0.15) is 28.4 Å². The minimum absolute atomic E-state index is 0.118. The number of non-ortho nitro benzene ring substituents is 1. The number of benzene rings is 2. The van der Waals surface area contributed by atoms with Gasteiger partial charge in [-0.05, 0) is 38.0 Å². The van der Waals surface area contributed by atoms with Crippen molar-refractivity contribution in [3.63, 3.8) is 0 Å².